The van der Waals surface area contributed by atoms with Gasteiger partial charge in [0.1, 0.15) is 5.56 Å². The van der Waals surface area contributed by atoms with E-state index < -0.39 is 11.9 Å². The van der Waals surface area contributed by atoms with E-state index in [1.807, 2.05) is 0 Å². The summed E-state index contributed by atoms with van der Waals surface area (Å²) in [4.78, 5) is 23.8. The first-order valence-electron chi connectivity index (χ1n) is 6.30. The minimum absolute atomic E-state index is 0.0122. The number of hydrogen-bond donors (Lipinski definition) is 1. The number of anilines is 1. The number of carbonyl (C=O) groups is 2. The summed E-state index contributed by atoms with van der Waals surface area (Å²) >= 11 is 5.86. The fourth-order valence-corrected chi connectivity index (χ4v) is 2.13. The Hall–Kier alpha value is -2.47. The van der Waals surface area contributed by atoms with Crippen molar-refractivity contribution in [3.8, 4) is 11.3 Å². The van der Waals surface area contributed by atoms with Crippen LogP contribution in [0.3, 0.4) is 0 Å². The van der Waals surface area contributed by atoms with Crippen molar-refractivity contribution in [2.45, 2.75) is 0 Å². The monoisotopic (exact) mass is 323 g/mol. The molecule has 0 unspecified atom stereocenters. The lowest BCUT2D eigenvalue weighted by Gasteiger charge is -2.04. The highest BCUT2D eigenvalue weighted by Gasteiger charge is 2.31. The molecule has 0 aliphatic heterocycles. The van der Waals surface area contributed by atoms with Gasteiger partial charge in [0, 0.05) is 17.6 Å². The lowest BCUT2D eigenvalue weighted by atomic mass is 10.1. The molecule has 7 heteroatoms. The van der Waals surface area contributed by atoms with Crippen LogP contribution in [0.5, 0.6) is 0 Å². The zero-order valence-corrected chi connectivity index (χ0v) is 13.0. The normalized spacial score (nSPS) is 10.2. The van der Waals surface area contributed by atoms with Crippen LogP contribution in [0.15, 0.2) is 28.7 Å². The highest BCUT2D eigenvalue weighted by Crippen LogP contribution is 2.37. The van der Waals surface area contributed by atoms with E-state index in [0.717, 1.165) is 0 Å². The summed E-state index contributed by atoms with van der Waals surface area (Å²) in [6.07, 6.45) is 0. The molecule has 1 N–H and O–H groups in total. The third kappa shape index (κ3) is 2.78. The second kappa shape index (κ2) is 6.53. The molecule has 0 amide bonds. The maximum absolute atomic E-state index is 12.0. The zero-order valence-electron chi connectivity index (χ0n) is 12.2. The highest BCUT2D eigenvalue weighted by molar-refractivity contribution is 6.30. The standard InChI is InChI=1S/C15H14ClNO5/c1-17-11-10(14(18)20-2)13(15(19)21-3)22-12(11)8-4-6-9(16)7-5-8/h4-7,17H,1-3H3. The van der Waals surface area contributed by atoms with Crippen LogP contribution in [0.4, 0.5) is 5.69 Å². The van der Waals surface area contributed by atoms with Gasteiger partial charge >= 0.3 is 11.9 Å². The first-order valence-corrected chi connectivity index (χ1v) is 6.68. The summed E-state index contributed by atoms with van der Waals surface area (Å²) in [6.45, 7) is 0. The van der Waals surface area contributed by atoms with Crippen molar-refractivity contribution in [2.75, 3.05) is 26.6 Å². The number of furan rings is 1. The molecule has 22 heavy (non-hydrogen) atoms. The van der Waals surface area contributed by atoms with Gasteiger partial charge in [-0.1, -0.05) is 11.6 Å². The van der Waals surface area contributed by atoms with Crippen molar-refractivity contribution < 1.29 is 23.5 Å². The van der Waals surface area contributed by atoms with Crippen molar-refractivity contribution in [3.63, 3.8) is 0 Å². The van der Waals surface area contributed by atoms with Crippen LogP contribution in [-0.2, 0) is 9.47 Å². The summed E-state index contributed by atoms with van der Waals surface area (Å²) in [5.74, 6) is -1.37. The molecule has 1 aromatic carbocycles. The van der Waals surface area contributed by atoms with Crippen molar-refractivity contribution in [1.29, 1.82) is 0 Å². The van der Waals surface area contributed by atoms with Crippen LogP contribution < -0.4 is 5.32 Å². The smallest absolute Gasteiger partial charge is 0.374 e. The average Bonchev–Trinajstić information content (AvgIpc) is 2.93. The van der Waals surface area contributed by atoms with Gasteiger partial charge < -0.3 is 19.2 Å². The van der Waals surface area contributed by atoms with Gasteiger partial charge in [-0.05, 0) is 24.3 Å². The number of nitrogens with one attached hydrogen (secondary N) is 1. The Balaban J connectivity index is 2.69. The van der Waals surface area contributed by atoms with Crippen molar-refractivity contribution in [3.05, 3.63) is 40.6 Å². The molecule has 2 aromatic rings. The van der Waals surface area contributed by atoms with Gasteiger partial charge in [-0.25, -0.2) is 9.59 Å². The van der Waals surface area contributed by atoms with Crippen LogP contribution >= 0.6 is 11.6 Å². The maximum Gasteiger partial charge on any atom is 0.374 e. The zero-order chi connectivity index (χ0) is 16.3. The second-order valence-electron chi connectivity index (χ2n) is 4.25. The van der Waals surface area contributed by atoms with Gasteiger partial charge in [0.2, 0.25) is 5.76 Å². The number of esters is 2. The summed E-state index contributed by atoms with van der Waals surface area (Å²) < 4.78 is 14.9. The minimum Gasteiger partial charge on any atom is -0.465 e. The van der Waals surface area contributed by atoms with Crippen LogP contribution in [-0.4, -0.2) is 33.2 Å². The first kappa shape index (κ1) is 15.9. The summed E-state index contributed by atoms with van der Waals surface area (Å²) in [5.41, 5.74) is 0.977. The predicted octanol–water partition coefficient (Wildman–Crippen LogP) is 3.21. The van der Waals surface area contributed by atoms with E-state index in [2.05, 4.69) is 10.1 Å². The Morgan fingerprint density at radius 3 is 2.18 bits per heavy atom. The van der Waals surface area contributed by atoms with Crippen LogP contribution in [0.2, 0.25) is 5.02 Å². The molecule has 1 heterocycles. The van der Waals surface area contributed by atoms with Crippen LogP contribution in [0.1, 0.15) is 20.9 Å². The van der Waals surface area contributed by atoms with Gasteiger partial charge in [-0.15, -0.1) is 0 Å². The number of methoxy groups -OCH3 is 2. The average molecular weight is 324 g/mol. The van der Waals surface area contributed by atoms with E-state index in [1.54, 1.807) is 31.3 Å². The number of halogens is 1. The Bertz CT molecular complexity index is 705. The van der Waals surface area contributed by atoms with E-state index in [0.29, 0.717) is 22.0 Å². The Labute approximate surface area is 132 Å². The molecule has 0 aliphatic carbocycles. The topological polar surface area (TPSA) is 77.8 Å². The molecule has 1 aromatic heterocycles. The van der Waals surface area contributed by atoms with E-state index in [-0.39, 0.29) is 11.3 Å². The number of hydrogen-bond acceptors (Lipinski definition) is 6. The molecule has 0 radical (unpaired) electrons. The number of ether oxygens (including phenoxy) is 2. The maximum atomic E-state index is 12.0. The molecule has 0 spiro atoms. The first-order chi connectivity index (χ1) is 10.5. The number of rotatable bonds is 4. The van der Waals surface area contributed by atoms with E-state index in [9.17, 15) is 9.59 Å². The third-order valence-corrected chi connectivity index (χ3v) is 3.28. The Kier molecular flexibility index (Phi) is 4.72. The van der Waals surface area contributed by atoms with Crippen LogP contribution in [0.25, 0.3) is 11.3 Å². The van der Waals surface area contributed by atoms with Gasteiger partial charge in [-0.3, -0.25) is 0 Å². The largest absolute Gasteiger partial charge is 0.465 e. The lowest BCUT2D eigenvalue weighted by molar-refractivity contribution is 0.0529. The fourth-order valence-electron chi connectivity index (χ4n) is 2.01. The lowest BCUT2D eigenvalue weighted by Crippen LogP contribution is -2.11. The number of benzene rings is 1. The SMILES string of the molecule is CNc1c(-c2ccc(Cl)cc2)oc(C(=O)OC)c1C(=O)OC. The Morgan fingerprint density at radius 1 is 1.09 bits per heavy atom. The van der Waals surface area contributed by atoms with E-state index >= 15 is 0 Å². The minimum atomic E-state index is -0.767. The molecule has 0 saturated heterocycles. The fraction of sp³-hybridized carbons (Fsp3) is 0.200. The Morgan fingerprint density at radius 2 is 1.68 bits per heavy atom. The summed E-state index contributed by atoms with van der Waals surface area (Å²) in [5, 5.41) is 3.41. The van der Waals surface area contributed by atoms with Crippen molar-refractivity contribution in [2.24, 2.45) is 0 Å². The highest BCUT2D eigenvalue weighted by atomic mass is 35.5. The van der Waals surface area contributed by atoms with Crippen LogP contribution in [0, 0.1) is 0 Å². The molecular formula is C15H14ClNO5. The number of carbonyl (C=O) groups excluding carboxylic acids is 2. The summed E-state index contributed by atoms with van der Waals surface area (Å²) in [6, 6.07) is 6.78. The van der Waals surface area contributed by atoms with Gasteiger partial charge in [-0.2, -0.15) is 0 Å². The molecule has 0 bridgehead atoms. The quantitative estimate of drug-likeness (QED) is 0.870. The molecule has 116 valence electrons. The molecular weight excluding hydrogens is 310 g/mol. The van der Waals surface area contributed by atoms with Gasteiger partial charge in [0.05, 0.1) is 19.9 Å². The van der Waals surface area contributed by atoms with E-state index in [4.69, 9.17) is 20.8 Å². The van der Waals surface area contributed by atoms with Crippen molar-refractivity contribution in [1.82, 2.24) is 0 Å². The molecule has 6 nitrogen and oxygen atoms in total. The second-order valence-corrected chi connectivity index (χ2v) is 4.69. The third-order valence-electron chi connectivity index (χ3n) is 3.02. The molecule has 0 atom stereocenters. The predicted molar refractivity (Wildman–Crippen MR) is 81.4 cm³/mol. The molecule has 0 fully saturated rings. The van der Waals surface area contributed by atoms with E-state index in [1.165, 1.54) is 14.2 Å². The summed E-state index contributed by atoms with van der Waals surface area (Å²) in [7, 11) is 4.03. The molecule has 0 saturated carbocycles. The molecule has 2 rings (SSSR count). The van der Waals surface area contributed by atoms with Crippen molar-refractivity contribution >= 4 is 29.2 Å². The molecule has 0 aliphatic rings. The van der Waals surface area contributed by atoms with Gasteiger partial charge in [0.25, 0.3) is 0 Å². The van der Waals surface area contributed by atoms with Gasteiger partial charge in [0.15, 0.2) is 5.76 Å².